The summed E-state index contributed by atoms with van der Waals surface area (Å²) in [4.78, 5) is 56.2. The van der Waals surface area contributed by atoms with Gasteiger partial charge in [0.1, 0.15) is 12.1 Å². The van der Waals surface area contributed by atoms with Gasteiger partial charge in [-0.15, -0.1) is 0 Å². The Labute approximate surface area is 137 Å². The number of carbonyl (C=O) groups is 5. The van der Waals surface area contributed by atoms with E-state index in [4.69, 9.17) is 21.1 Å². The van der Waals surface area contributed by atoms with Crippen LogP contribution >= 0.6 is 0 Å². The van der Waals surface area contributed by atoms with E-state index in [2.05, 4.69) is 5.32 Å². The first-order valence-electron chi connectivity index (χ1n) is 6.98. The van der Waals surface area contributed by atoms with Crippen molar-refractivity contribution in [3.63, 3.8) is 0 Å². The average molecular weight is 347 g/mol. The predicted octanol–water partition coefficient (Wildman–Crippen LogP) is -2.03. The summed E-state index contributed by atoms with van der Waals surface area (Å²) in [5.74, 6) is -6.68. The minimum absolute atomic E-state index is 0.280. The first-order valence-corrected chi connectivity index (χ1v) is 6.98. The standard InChI is InChI=1S/C13H21N3O8/c1-5(2)10(14)12(22)15-6(3-8(17)18)11(21)16-7(13(23)24)4-9(19)20/h5-7,10H,3-4,14H2,1-2H3,(H,15,22)(H,16,21)(H,17,18)(H,19,20)(H,23,24)/t6-,7-,10-/m0/s1. The maximum atomic E-state index is 12.0. The zero-order valence-electron chi connectivity index (χ0n) is 13.2. The van der Waals surface area contributed by atoms with Gasteiger partial charge in [0, 0.05) is 0 Å². The molecular weight excluding hydrogens is 326 g/mol. The first kappa shape index (κ1) is 21.3. The molecule has 0 aromatic rings. The molecular formula is C13H21N3O8. The van der Waals surface area contributed by atoms with E-state index in [1.165, 1.54) is 0 Å². The van der Waals surface area contributed by atoms with Gasteiger partial charge in [-0.25, -0.2) is 4.79 Å². The van der Waals surface area contributed by atoms with Gasteiger partial charge in [0.15, 0.2) is 0 Å². The van der Waals surface area contributed by atoms with Crippen LogP contribution in [-0.2, 0) is 24.0 Å². The van der Waals surface area contributed by atoms with Crippen LogP contribution in [-0.4, -0.2) is 63.2 Å². The molecule has 0 fully saturated rings. The number of rotatable bonds is 10. The first-order chi connectivity index (χ1) is 11.0. The van der Waals surface area contributed by atoms with Crippen molar-refractivity contribution >= 4 is 29.7 Å². The Kier molecular flexibility index (Phi) is 8.39. The van der Waals surface area contributed by atoms with E-state index in [0.717, 1.165) is 0 Å². The fourth-order valence-electron chi connectivity index (χ4n) is 1.60. The number of nitrogens with one attached hydrogen (secondary N) is 2. The van der Waals surface area contributed by atoms with Crippen molar-refractivity contribution < 1.29 is 39.3 Å². The van der Waals surface area contributed by atoms with Gasteiger partial charge in [0.2, 0.25) is 11.8 Å². The van der Waals surface area contributed by atoms with E-state index >= 15 is 0 Å². The lowest BCUT2D eigenvalue weighted by Gasteiger charge is -2.22. The molecule has 0 rings (SSSR count). The minimum Gasteiger partial charge on any atom is -0.481 e. The Hall–Kier alpha value is -2.69. The molecule has 0 radical (unpaired) electrons. The number of carbonyl (C=O) groups excluding carboxylic acids is 2. The molecule has 136 valence electrons. The number of carboxylic acids is 3. The molecule has 24 heavy (non-hydrogen) atoms. The van der Waals surface area contributed by atoms with E-state index in [0.29, 0.717) is 0 Å². The van der Waals surface area contributed by atoms with E-state index in [-0.39, 0.29) is 5.92 Å². The van der Waals surface area contributed by atoms with Crippen molar-refractivity contribution in [3.05, 3.63) is 0 Å². The van der Waals surface area contributed by atoms with Gasteiger partial charge < -0.3 is 31.7 Å². The van der Waals surface area contributed by atoms with Gasteiger partial charge >= 0.3 is 17.9 Å². The smallest absolute Gasteiger partial charge is 0.326 e. The second kappa shape index (κ2) is 9.45. The predicted molar refractivity (Wildman–Crippen MR) is 78.8 cm³/mol. The summed E-state index contributed by atoms with van der Waals surface area (Å²) in [5.41, 5.74) is 5.59. The van der Waals surface area contributed by atoms with Gasteiger partial charge in [-0.1, -0.05) is 13.8 Å². The Bertz CT molecular complexity index is 519. The average Bonchev–Trinajstić information content (AvgIpc) is 2.43. The molecule has 0 aliphatic carbocycles. The molecule has 0 saturated heterocycles. The number of carboxylic acid groups (broad SMARTS) is 3. The zero-order chi connectivity index (χ0) is 19.0. The van der Waals surface area contributed by atoms with Gasteiger partial charge in [-0.2, -0.15) is 0 Å². The lowest BCUT2D eigenvalue weighted by Crippen LogP contribution is -2.56. The number of amides is 2. The van der Waals surface area contributed by atoms with Crippen LogP contribution < -0.4 is 16.4 Å². The Morgan fingerprint density at radius 2 is 1.25 bits per heavy atom. The van der Waals surface area contributed by atoms with Crippen molar-refractivity contribution in [1.29, 1.82) is 0 Å². The number of hydrogen-bond acceptors (Lipinski definition) is 6. The number of aliphatic carboxylic acids is 3. The lowest BCUT2D eigenvalue weighted by atomic mass is 10.0. The molecule has 0 bridgehead atoms. The van der Waals surface area contributed by atoms with Gasteiger partial charge in [0.25, 0.3) is 0 Å². The highest BCUT2D eigenvalue weighted by molar-refractivity contribution is 5.94. The highest BCUT2D eigenvalue weighted by Gasteiger charge is 2.31. The van der Waals surface area contributed by atoms with Crippen molar-refractivity contribution in [1.82, 2.24) is 10.6 Å². The summed E-state index contributed by atoms with van der Waals surface area (Å²) >= 11 is 0. The van der Waals surface area contributed by atoms with E-state index in [9.17, 15) is 24.0 Å². The number of nitrogens with two attached hydrogens (primary N) is 1. The SMILES string of the molecule is CC(C)[C@H](N)C(=O)N[C@@H](CC(=O)O)C(=O)N[C@@H](CC(=O)O)C(=O)O. The molecule has 0 aliphatic rings. The third kappa shape index (κ3) is 7.54. The van der Waals surface area contributed by atoms with Gasteiger partial charge in [0.05, 0.1) is 18.9 Å². The lowest BCUT2D eigenvalue weighted by molar-refractivity contribution is -0.148. The third-order valence-corrected chi connectivity index (χ3v) is 3.03. The molecule has 11 heteroatoms. The second-order valence-electron chi connectivity index (χ2n) is 5.43. The summed E-state index contributed by atoms with van der Waals surface area (Å²) < 4.78 is 0. The third-order valence-electron chi connectivity index (χ3n) is 3.03. The fourth-order valence-corrected chi connectivity index (χ4v) is 1.60. The quantitative estimate of drug-likeness (QED) is 0.258. The molecule has 0 aromatic carbocycles. The highest BCUT2D eigenvalue weighted by atomic mass is 16.4. The Morgan fingerprint density at radius 1 is 0.833 bits per heavy atom. The van der Waals surface area contributed by atoms with E-state index < -0.39 is 60.7 Å². The Morgan fingerprint density at radius 3 is 1.62 bits per heavy atom. The summed E-state index contributed by atoms with van der Waals surface area (Å²) in [7, 11) is 0. The second-order valence-corrected chi connectivity index (χ2v) is 5.43. The Balaban J connectivity index is 5.11. The van der Waals surface area contributed by atoms with Crippen LogP contribution in [0.2, 0.25) is 0 Å². The maximum absolute atomic E-state index is 12.0. The van der Waals surface area contributed by atoms with Crippen molar-refractivity contribution in [2.45, 2.75) is 44.8 Å². The van der Waals surface area contributed by atoms with Crippen LogP contribution in [0.5, 0.6) is 0 Å². The molecule has 0 saturated carbocycles. The van der Waals surface area contributed by atoms with Crippen molar-refractivity contribution in [3.8, 4) is 0 Å². The summed E-state index contributed by atoms with van der Waals surface area (Å²) in [5, 5.41) is 30.3. The zero-order valence-corrected chi connectivity index (χ0v) is 13.2. The normalized spacial score (nSPS) is 14.3. The summed E-state index contributed by atoms with van der Waals surface area (Å²) in [6.07, 6.45) is -1.72. The monoisotopic (exact) mass is 347 g/mol. The molecule has 0 spiro atoms. The van der Waals surface area contributed by atoms with Crippen LogP contribution in [0.15, 0.2) is 0 Å². The van der Waals surface area contributed by atoms with E-state index in [1.54, 1.807) is 13.8 Å². The maximum Gasteiger partial charge on any atom is 0.326 e. The van der Waals surface area contributed by atoms with Gasteiger partial charge in [-0.3, -0.25) is 19.2 Å². The molecule has 7 N–H and O–H groups in total. The highest BCUT2D eigenvalue weighted by Crippen LogP contribution is 2.02. The summed E-state index contributed by atoms with van der Waals surface area (Å²) in [6.45, 7) is 3.29. The molecule has 11 nitrogen and oxygen atoms in total. The fraction of sp³-hybridized carbons (Fsp3) is 0.615. The molecule has 0 unspecified atom stereocenters. The molecule has 2 amide bonds. The number of hydrogen-bond donors (Lipinski definition) is 6. The molecule has 3 atom stereocenters. The van der Waals surface area contributed by atoms with E-state index in [1.807, 2.05) is 5.32 Å². The minimum atomic E-state index is -1.76. The van der Waals surface area contributed by atoms with Crippen molar-refractivity contribution in [2.75, 3.05) is 0 Å². The molecule has 0 aliphatic heterocycles. The molecule has 0 heterocycles. The van der Waals surface area contributed by atoms with Crippen LogP contribution in [0.4, 0.5) is 0 Å². The van der Waals surface area contributed by atoms with Crippen LogP contribution in [0.25, 0.3) is 0 Å². The van der Waals surface area contributed by atoms with Crippen LogP contribution in [0.3, 0.4) is 0 Å². The van der Waals surface area contributed by atoms with Gasteiger partial charge in [-0.05, 0) is 5.92 Å². The summed E-state index contributed by atoms with van der Waals surface area (Å²) in [6, 6.07) is -4.35. The topological polar surface area (TPSA) is 196 Å². The molecule has 0 aromatic heterocycles. The van der Waals surface area contributed by atoms with Crippen molar-refractivity contribution in [2.24, 2.45) is 11.7 Å². The van der Waals surface area contributed by atoms with Crippen LogP contribution in [0, 0.1) is 5.92 Å². The largest absolute Gasteiger partial charge is 0.481 e. The van der Waals surface area contributed by atoms with Crippen LogP contribution in [0.1, 0.15) is 26.7 Å².